The molecule has 0 aliphatic carbocycles. The Hall–Kier alpha value is -1.14. The first-order chi connectivity index (χ1) is 11.1. The molecule has 23 heavy (non-hydrogen) atoms. The molecule has 1 aliphatic heterocycles. The average molecular weight is 322 g/mol. The van der Waals surface area contributed by atoms with Crippen LogP contribution in [0.5, 0.6) is 5.75 Å². The number of hydrogen-bond donors (Lipinski definition) is 1. The second-order valence-electron chi connectivity index (χ2n) is 6.10. The molecule has 1 aliphatic rings. The van der Waals surface area contributed by atoms with E-state index in [0.29, 0.717) is 6.54 Å². The molecule has 0 unspecified atom stereocenters. The molecule has 5 heteroatoms. The number of methoxy groups -OCH3 is 1. The summed E-state index contributed by atoms with van der Waals surface area (Å²) in [5, 5.41) is 10.6. The van der Waals surface area contributed by atoms with E-state index in [1.807, 2.05) is 32.0 Å². The summed E-state index contributed by atoms with van der Waals surface area (Å²) < 4.78 is 10.8. The maximum Gasteiger partial charge on any atom is 0.124 e. The number of aliphatic hydroxyl groups is 1. The largest absolute Gasteiger partial charge is 0.496 e. The number of rotatable bonds is 8. The Bertz CT molecular complexity index is 473. The van der Waals surface area contributed by atoms with Crippen LogP contribution in [-0.4, -0.2) is 74.5 Å². The normalized spacial score (nSPS) is 18.1. The third kappa shape index (κ3) is 5.46. The molecule has 0 spiro atoms. The van der Waals surface area contributed by atoms with Crippen LogP contribution in [0.2, 0.25) is 0 Å². The van der Waals surface area contributed by atoms with E-state index in [2.05, 4.69) is 9.80 Å². The first-order valence-electron chi connectivity index (χ1n) is 8.49. The lowest BCUT2D eigenvalue weighted by Crippen LogP contribution is -2.48. The van der Waals surface area contributed by atoms with Crippen molar-refractivity contribution in [2.45, 2.75) is 20.0 Å². The molecule has 0 aromatic heterocycles. The highest BCUT2D eigenvalue weighted by molar-refractivity contribution is 5.38. The predicted octanol–water partition coefficient (Wildman–Crippen LogP) is 1.69. The van der Waals surface area contributed by atoms with E-state index in [9.17, 15) is 5.11 Å². The molecule has 0 saturated carbocycles. The van der Waals surface area contributed by atoms with Gasteiger partial charge in [-0.15, -0.1) is 0 Å². The number of nitrogens with zero attached hydrogens (tertiary/aromatic N) is 2. The molecule has 2 rings (SSSR count). The molecule has 1 fully saturated rings. The van der Waals surface area contributed by atoms with Gasteiger partial charge in [0.15, 0.2) is 0 Å². The average Bonchev–Trinajstić information content (AvgIpc) is 2.56. The molecule has 5 nitrogen and oxygen atoms in total. The number of β-amino-alcohol motifs (C(OH)–C–C–N with tert-alkyl or cyclic N) is 1. The van der Waals surface area contributed by atoms with Gasteiger partial charge in [0.25, 0.3) is 0 Å². The molecule has 1 atom stereocenters. The fraction of sp³-hybridized carbons (Fsp3) is 0.667. The van der Waals surface area contributed by atoms with Crippen LogP contribution in [0.1, 0.15) is 24.2 Å². The monoisotopic (exact) mass is 322 g/mol. The summed E-state index contributed by atoms with van der Waals surface area (Å²) >= 11 is 0. The van der Waals surface area contributed by atoms with E-state index in [1.165, 1.54) is 0 Å². The lowest BCUT2D eigenvalue weighted by Gasteiger charge is -2.35. The second-order valence-corrected chi connectivity index (χ2v) is 6.10. The van der Waals surface area contributed by atoms with Crippen molar-refractivity contribution in [1.82, 2.24) is 9.80 Å². The molecule has 0 bridgehead atoms. The van der Waals surface area contributed by atoms with Gasteiger partial charge in [-0.3, -0.25) is 9.80 Å². The van der Waals surface area contributed by atoms with Crippen molar-refractivity contribution < 1.29 is 14.6 Å². The molecule has 1 heterocycles. The van der Waals surface area contributed by atoms with Gasteiger partial charge < -0.3 is 14.6 Å². The van der Waals surface area contributed by atoms with Crippen molar-refractivity contribution in [2.24, 2.45) is 0 Å². The van der Waals surface area contributed by atoms with Crippen LogP contribution in [0.3, 0.4) is 0 Å². The van der Waals surface area contributed by atoms with Gasteiger partial charge >= 0.3 is 0 Å². The van der Waals surface area contributed by atoms with Gasteiger partial charge in [-0.2, -0.15) is 0 Å². The Balaban J connectivity index is 1.83. The Labute approximate surface area is 139 Å². The van der Waals surface area contributed by atoms with Gasteiger partial charge in [0.05, 0.1) is 19.8 Å². The van der Waals surface area contributed by atoms with E-state index >= 15 is 0 Å². The maximum atomic E-state index is 10.6. The molecule has 0 radical (unpaired) electrons. The van der Waals surface area contributed by atoms with Gasteiger partial charge in [-0.25, -0.2) is 0 Å². The summed E-state index contributed by atoms with van der Waals surface area (Å²) in [6, 6.07) is 5.95. The third-order valence-electron chi connectivity index (χ3n) is 4.40. The summed E-state index contributed by atoms with van der Waals surface area (Å²) in [7, 11) is 1.65. The highest BCUT2D eigenvalue weighted by Gasteiger charge is 2.21. The van der Waals surface area contributed by atoms with Gasteiger partial charge in [-0.05, 0) is 26.0 Å². The topological polar surface area (TPSA) is 45.2 Å². The lowest BCUT2D eigenvalue weighted by molar-refractivity contribution is 0.0543. The van der Waals surface area contributed by atoms with Gasteiger partial charge in [0.2, 0.25) is 0 Å². The van der Waals surface area contributed by atoms with Crippen molar-refractivity contribution in [1.29, 1.82) is 0 Å². The molecular weight excluding hydrogens is 292 g/mol. The zero-order valence-corrected chi connectivity index (χ0v) is 14.6. The van der Waals surface area contributed by atoms with Crippen LogP contribution in [0.25, 0.3) is 0 Å². The SMILES string of the molecule is CCOCCN1CCN(C[C@H](O)c2cc(C)ccc2OC)CC1. The highest BCUT2D eigenvalue weighted by atomic mass is 16.5. The fourth-order valence-corrected chi connectivity index (χ4v) is 2.99. The number of aryl methyl sites for hydroxylation is 1. The molecule has 1 saturated heterocycles. The minimum absolute atomic E-state index is 0.514. The molecule has 1 aromatic carbocycles. The fourth-order valence-electron chi connectivity index (χ4n) is 2.99. The summed E-state index contributed by atoms with van der Waals surface area (Å²) in [6.07, 6.45) is -0.514. The van der Waals surface area contributed by atoms with Crippen molar-refractivity contribution >= 4 is 0 Å². The smallest absolute Gasteiger partial charge is 0.124 e. The number of benzene rings is 1. The third-order valence-corrected chi connectivity index (χ3v) is 4.40. The van der Waals surface area contributed by atoms with E-state index in [1.54, 1.807) is 7.11 Å². The molecular formula is C18H30N2O3. The summed E-state index contributed by atoms with van der Waals surface area (Å²) in [5.74, 6) is 0.762. The van der Waals surface area contributed by atoms with Crippen LogP contribution in [0, 0.1) is 6.92 Å². The lowest BCUT2D eigenvalue weighted by atomic mass is 10.0. The predicted molar refractivity (Wildman–Crippen MR) is 92.1 cm³/mol. The van der Waals surface area contributed by atoms with E-state index in [-0.39, 0.29) is 0 Å². The quantitative estimate of drug-likeness (QED) is 0.738. The van der Waals surface area contributed by atoms with E-state index in [4.69, 9.17) is 9.47 Å². The summed E-state index contributed by atoms with van der Waals surface area (Å²) in [6.45, 7) is 11.3. The van der Waals surface area contributed by atoms with Crippen molar-refractivity contribution in [3.63, 3.8) is 0 Å². The standard InChI is InChI=1S/C18H30N2O3/c1-4-23-12-11-19-7-9-20(10-8-19)14-17(21)16-13-15(2)5-6-18(16)22-3/h5-6,13,17,21H,4,7-12,14H2,1-3H3/t17-/m0/s1. The summed E-state index contributed by atoms with van der Waals surface area (Å²) in [5.41, 5.74) is 2.02. The van der Waals surface area contributed by atoms with Gasteiger partial charge in [0.1, 0.15) is 5.75 Å². The first kappa shape index (κ1) is 18.2. The number of hydrogen-bond acceptors (Lipinski definition) is 5. The van der Waals surface area contributed by atoms with Crippen molar-refractivity contribution in [3.8, 4) is 5.75 Å². The molecule has 0 amide bonds. The van der Waals surface area contributed by atoms with E-state index < -0.39 is 6.10 Å². The zero-order valence-electron chi connectivity index (χ0n) is 14.6. The van der Waals surface area contributed by atoms with Gasteiger partial charge in [-0.1, -0.05) is 11.6 Å². The van der Waals surface area contributed by atoms with Gasteiger partial charge in [0, 0.05) is 51.4 Å². The minimum Gasteiger partial charge on any atom is -0.496 e. The van der Waals surface area contributed by atoms with Crippen LogP contribution in [-0.2, 0) is 4.74 Å². The van der Waals surface area contributed by atoms with Crippen LogP contribution in [0.15, 0.2) is 18.2 Å². The van der Waals surface area contributed by atoms with Crippen LogP contribution >= 0.6 is 0 Å². The van der Waals surface area contributed by atoms with Crippen molar-refractivity contribution in [3.05, 3.63) is 29.3 Å². The number of aliphatic hydroxyl groups excluding tert-OH is 1. The summed E-state index contributed by atoms with van der Waals surface area (Å²) in [4.78, 5) is 4.75. The Morgan fingerprint density at radius 2 is 1.87 bits per heavy atom. The number of ether oxygens (including phenoxy) is 2. The van der Waals surface area contributed by atoms with Crippen molar-refractivity contribution in [2.75, 3.05) is 59.6 Å². The van der Waals surface area contributed by atoms with Crippen LogP contribution < -0.4 is 4.74 Å². The maximum absolute atomic E-state index is 10.6. The molecule has 130 valence electrons. The van der Waals surface area contributed by atoms with E-state index in [0.717, 1.165) is 62.8 Å². The zero-order chi connectivity index (χ0) is 16.7. The highest BCUT2D eigenvalue weighted by Crippen LogP contribution is 2.27. The first-order valence-corrected chi connectivity index (χ1v) is 8.49. The minimum atomic E-state index is -0.514. The second kappa shape index (κ2) is 9.23. The molecule has 1 N–H and O–H groups in total. The Morgan fingerprint density at radius 3 is 2.52 bits per heavy atom. The number of piperazine rings is 1. The Kier molecular flexibility index (Phi) is 7.30. The molecule has 1 aromatic rings. The van der Waals surface area contributed by atoms with Crippen LogP contribution in [0.4, 0.5) is 0 Å². The Morgan fingerprint density at radius 1 is 1.17 bits per heavy atom.